The van der Waals surface area contributed by atoms with E-state index in [4.69, 9.17) is 4.42 Å². The van der Waals surface area contributed by atoms with Crippen LogP contribution in [0.3, 0.4) is 0 Å². The number of carbonyl (C=O) groups excluding carboxylic acids is 1. The minimum atomic E-state index is -3.37. The topological polar surface area (TPSA) is 76.4 Å². The zero-order valence-corrected chi connectivity index (χ0v) is 16.2. The van der Waals surface area contributed by atoms with Crippen molar-refractivity contribution in [2.75, 3.05) is 6.26 Å². The van der Waals surface area contributed by atoms with Crippen LogP contribution in [0.2, 0.25) is 0 Å². The minimum Gasteiger partial charge on any atom is -0.451 e. The Morgan fingerprint density at radius 1 is 1.23 bits per heavy atom. The van der Waals surface area contributed by atoms with E-state index in [1.54, 1.807) is 30.3 Å². The van der Waals surface area contributed by atoms with Crippen molar-refractivity contribution < 1.29 is 22.0 Å². The van der Waals surface area contributed by atoms with Crippen LogP contribution in [0.25, 0.3) is 11.0 Å². The van der Waals surface area contributed by atoms with Gasteiger partial charge >= 0.3 is 0 Å². The zero-order chi connectivity index (χ0) is 18.9. The van der Waals surface area contributed by atoms with E-state index in [1.165, 1.54) is 12.1 Å². The molecule has 2 aromatic carbocycles. The van der Waals surface area contributed by atoms with Gasteiger partial charge in [-0.25, -0.2) is 12.8 Å². The lowest BCUT2D eigenvalue weighted by atomic mass is 10.1. The van der Waals surface area contributed by atoms with Crippen LogP contribution in [0.4, 0.5) is 4.39 Å². The fourth-order valence-corrected chi connectivity index (χ4v) is 3.99. The maximum atomic E-state index is 13.4. The Balaban J connectivity index is 1.91. The second-order valence-electron chi connectivity index (χ2n) is 5.94. The molecule has 3 rings (SSSR count). The molecule has 0 saturated heterocycles. The second-order valence-corrected chi connectivity index (χ2v) is 8.99. The lowest BCUT2D eigenvalue weighted by Crippen LogP contribution is -2.23. The second kappa shape index (κ2) is 7.20. The highest BCUT2D eigenvalue weighted by Crippen LogP contribution is 2.27. The van der Waals surface area contributed by atoms with Gasteiger partial charge in [0.05, 0.1) is 5.75 Å². The van der Waals surface area contributed by atoms with Crippen molar-refractivity contribution in [3.8, 4) is 0 Å². The molecule has 5 nitrogen and oxygen atoms in total. The first-order valence-electron chi connectivity index (χ1n) is 7.64. The summed E-state index contributed by atoms with van der Waals surface area (Å²) in [6.07, 6.45) is 1.10. The highest BCUT2D eigenvalue weighted by Gasteiger charge is 2.23. The van der Waals surface area contributed by atoms with E-state index in [-0.39, 0.29) is 18.1 Å². The maximum Gasteiger partial charge on any atom is 0.287 e. The molecule has 0 aliphatic carbocycles. The molecule has 1 aromatic heterocycles. The van der Waals surface area contributed by atoms with Gasteiger partial charge in [-0.05, 0) is 29.8 Å². The van der Waals surface area contributed by atoms with Crippen LogP contribution in [-0.2, 0) is 22.1 Å². The van der Waals surface area contributed by atoms with Crippen molar-refractivity contribution in [3.05, 3.63) is 69.6 Å². The van der Waals surface area contributed by atoms with Crippen LogP contribution in [0.15, 0.2) is 51.4 Å². The Kier molecular flexibility index (Phi) is 5.15. The van der Waals surface area contributed by atoms with Gasteiger partial charge < -0.3 is 9.73 Å². The van der Waals surface area contributed by atoms with Crippen molar-refractivity contribution in [1.29, 1.82) is 0 Å². The lowest BCUT2D eigenvalue weighted by molar-refractivity contribution is 0.0924. The highest BCUT2D eigenvalue weighted by molar-refractivity contribution is 9.10. The highest BCUT2D eigenvalue weighted by atomic mass is 79.9. The van der Waals surface area contributed by atoms with Crippen molar-refractivity contribution in [2.45, 2.75) is 12.3 Å². The first-order valence-corrected chi connectivity index (χ1v) is 10.5. The van der Waals surface area contributed by atoms with Crippen LogP contribution in [-0.4, -0.2) is 20.6 Å². The van der Waals surface area contributed by atoms with E-state index in [2.05, 4.69) is 21.2 Å². The third kappa shape index (κ3) is 4.31. The molecule has 0 radical (unpaired) electrons. The van der Waals surface area contributed by atoms with E-state index < -0.39 is 21.6 Å². The summed E-state index contributed by atoms with van der Waals surface area (Å²) in [5, 5.41) is 3.22. The third-order valence-corrected chi connectivity index (χ3v) is 4.96. The normalized spacial score (nSPS) is 11.7. The fourth-order valence-electron chi connectivity index (χ4n) is 2.66. The monoisotopic (exact) mass is 439 g/mol. The van der Waals surface area contributed by atoms with Crippen LogP contribution in [0, 0.1) is 5.82 Å². The standard InChI is InChI=1S/C18H15BrFNO4S/c1-26(23,24)10-15-14-4-2-3-5-16(14)25-17(15)18(22)21-9-11-6-12(19)8-13(20)7-11/h2-8H,9-10H2,1H3,(H,21,22). The molecule has 136 valence electrons. The number of hydrogen-bond acceptors (Lipinski definition) is 4. The summed E-state index contributed by atoms with van der Waals surface area (Å²) in [5.41, 5.74) is 1.32. The summed E-state index contributed by atoms with van der Waals surface area (Å²) in [6, 6.07) is 11.2. The van der Waals surface area contributed by atoms with E-state index in [9.17, 15) is 17.6 Å². The smallest absolute Gasteiger partial charge is 0.287 e. The molecule has 0 aliphatic rings. The van der Waals surface area contributed by atoms with E-state index in [1.807, 2.05) is 0 Å². The van der Waals surface area contributed by atoms with Crippen molar-refractivity contribution in [1.82, 2.24) is 5.32 Å². The fraction of sp³-hybridized carbons (Fsp3) is 0.167. The Morgan fingerprint density at radius 2 is 1.96 bits per heavy atom. The van der Waals surface area contributed by atoms with Crippen LogP contribution >= 0.6 is 15.9 Å². The summed E-state index contributed by atoms with van der Waals surface area (Å²) in [7, 11) is -3.37. The summed E-state index contributed by atoms with van der Waals surface area (Å²) in [4.78, 5) is 12.6. The van der Waals surface area contributed by atoms with E-state index in [0.717, 1.165) is 6.26 Å². The molecule has 8 heteroatoms. The molecule has 1 heterocycles. The molecule has 26 heavy (non-hydrogen) atoms. The molecular formula is C18H15BrFNO4S. The van der Waals surface area contributed by atoms with Crippen molar-refractivity contribution in [2.24, 2.45) is 0 Å². The van der Waals surface area contributed by atoms with Crippen LogP contribution in [0.5, 0.6) is 0 Å². The first-order chi connectivity index (χ1) is 12.2. The molecule has 0 aliphatic heterocycles. The average Bonchev–Trinajstić information content (AvgIpc) is 2.89. The third-order valence-electron chi connectivity index (χ3n) is 3.69. The number of hydrogen-bond donors (Lipinski definition) is 1. The van der Waals surface area contributed by atoms with Gasteiger partial charge in [-0.3, -0.25) is 4.79 Å². The number of rotatable bonds is 5. The molecule has 3 aromatic rings. The number of nitrogens with one attached hydrogen (secondary N) is 1. The predicted octanol–water partition coefficient (Wildman–Crippen LogP) is 3.81. The number of fused-ring (bicyclic) bond motifs is 1. The van der Waals surface area contributed by atoms with E-state index in [0.29, 0.717) is 26.6 Å². The number of para-hydroxylation sites is 1. The first kappa shape index (κ1) is 18.6. The van der Waals surface area contributed by atoms with Gasteiger partial charge in [-0.1, -0.05) is 34.1 Å². The molecule has 0 unspecified atom stereocenters. The van der Waals surface area contributed by atoms with Gasteiger partial charge in [0, 0.05) is 28.2 Å². The Labute approximate surface area is 158 Å². The summed E-state index contributed by atoms with van der Waals surface area (Å²) in [5.74, 6) is -1.34. The average molecular weight is 440 g/mol. The quantitative estimate of drug-likeness (QED) is 0.655. The molecule has 1 amide bonds. The van der Waals surface area contributed by atoms with Gasteiger partial charge in [-0.15, -0.1) is 0 Å². The zero-order valence-electron chi connectivity index (χ0n) is 13.8. The van der Waals surface area contributed by atoms with Gasteiger partial charge in [0.25, 0.3) is 5.91 Å². The molecule has 0 bridgehead atoms. The van der Waals surface area contributed by atoms with Crippen molar-refractivity contribution in [3.63, 3.8) is 0 Å². The molecule has 0 saturated carbocycles. The number of halogens is 2. The number of amides is 1. The summed E-state index contributed by atoms with van der Waals surface area (Å²) in [6.45, 7) is 0.0740. The van der Waals surface area contributed by atoms with Gasteiger partial charge in [0.1, 0.15) is 11.4 Å². The molecular weight excluding hydrogens is 425 g/mol. The minimum absolute atomic E-state index is 0.0490. The number of sulfone groups is 1. The van der Waals surface area contributed by atoms with Gasteiger partial charge in [-0.2, -0.15) is 0 Å². The lowest BCUT2D eigenvalue weighted by Gasteiger charge is -2.06. The Morgan fingerprint density at radius 3 is 2.65 bits per heavy atom. The molecule has 0 atom stereocenters. The molecule has 0 spiro atoms. The Hall–Kier alpha value is -2.19. The van der Waals surface area contributed by atoms with E-state index >= 15 is 0 Å². The largest absolute Gasteiger partial charge is 0.451 e. The Bertz CT molecular complexity index is 1070. The maximum absolute atomic E-state index is 13.4. The van der Waals surface area contributed by atoms with Crippen LogP contribution in [0.1, 0.15) is 21.7 Å². The molecule has 0 fully saturated rings. The van der Waals surface area contributed by atoms with Crippen molar-refractivity contribution >= 4 is 42.6 Å². The van der Waals surface area contributed by atoms with Gasteiger partial charge in [0.15, 0.2) is 15.6 Å². The summed E-state index contributed by atoms with van der Waals surface area (Å²) < 4.78 is 43.1. The SMILES string of the molecule is CS(=O)(=O)Cc1c(C(=O)NCc2cc(F)cc(Br)c2)oc2ccccc12. The number of benzene rings is 2. The predicted molar refractivity (Wildman–Crippen MR) is 100 cm³/mol. The number of furan rings is 1. The number of carbonyl (C=O) groups is 1. The van der Waals surface area contributed by atoms with Gasteiger partial charge in [0.2, 0.25) is 0 Å². The summed E-state index contributed by atoms with van der Waals surface area (Å²) >= 11 is 3.19. The van der Waals surface area contributed by atoms with Crippen LogP contribution < -0.4 is 5.32 Å². The molecule has 1 N–H and O–H groups in total.